The summed E-state index contributed by atoms with van der Waals surface area (Å²) in [6.07, 6.45) is 7.17. The highest BCUT2D eigenvalue weighted by Crippen LogP contribution is 2.54. The van der Waals surface area contributed by atoms with E-state index in [1.54, 1.807) is 17.7 Å². The molecule has 7 heteroatoms. The number of carbonyl (C=O) groups is 1. The van der Waals surface area contributed by atoms with Gasteiger partial charge in [-0.3, -0.25) is 19.8 Å². The molecule has 0 radical (unpaired) electrons. The molecule has 1 aromatic rings. The zero-order valence-electron chi connectivity index (χ0n) is 19.0. The Morgan fingerprint density at radius 3 is 2.59 bits per heavy atom. The highest BCUT2D eigenvalue weighted by atomic mass is 16.6. The molecule has 2 saturated heterocycles. The molecule has 7 nitrogen and oxygen atoms in total. The zero-order chi connectivity index (χ0) is 22.5. The molecule has 5 rings (SSSR count). The van der Waals surface area contributed by atoms with Crippen LogP contribution in [0.4, 0.5) is 11.4 Å². The Balaban J connectivity index is 1.23. The zero-order valence-corrected chi connectivity index (χ0v) is 19.0. The second-order valence-corrected chi connectivity index (χ2v) is 10.4. The number of nitro groups is 1. The molecular formula is C25H33N3O4. The van der Waals surface area contributed by atoms with Gasteiger partial charge in [0, 0.05) is 56.5 Å². The van der Waals surface area contributed by atoms with Crippen LogP contribution < -0.4 is 4.90 Å². The summed E-state index contributed by atoms with van der Waals surface area (Å²) in [5.74, 6) is 0.719. The summed E-state index contributed by atoms with van der Waals surface area (Å²) in [5.41, 5.74) is 2.89. The summed E-state index contributed by atoms with van der Waals surface area (Å²) in [4.78, 5) is 28.0. The molecule has 1 aromatic carbocycles. The molecule has 0 bridgehead atoms. The number of nitro benzene ring substituents is 1. The minimum Gasteiger partial charge on any atom is -0.461 e. The number of anilines is 1. The quantitative estimate of drug-likeness (QED) is 0.305. The second-order valence-electron chi connectivity index (χ2n) is 10.4. The van der Waals surface area contributed by atoms with Gasteiger partial charge in [0.1, 0.15) is 6.10 Å². The third-order valence-electron chi connectivity index (χ3n) is 8.33. The van der Waals surface area contributed by atoms with Crippen LogP contribution in [0.5, 0.6) is 0 Å². The smallest absolute Gasteiger partial charge is 0.311 e. The number of carbonyl (C=O) groups excluding carboxylic acids is 1. The van der Waals surface area contributed by atoms with Gasteiger partial charge in [-0.25, -0.2) is 0 Å². The van der Waals surface area contributed by atoms with E-state index < -0.39 is 0 Å². The van der Waals surface area contributed by atoms with Gasteiger partial charge in [0.2, 0.25) is 0 Å². The predicted molar refractivity (Wildman–Crippen MR) is 122 cm³/mol. The number of hydrogen-bond donors (Lipinski definition) is 0. The fraction of sp³-hybridized carbons (Fsp3) is 0.640. The second kappa shape index (κ2) is 8.18. The number of non-ortho nitro benzene ring substituents is 1. The summed E-state index contributed by atoms with van der Waals surface area (Å²) in [6, 6.07) is 6.77. The topological polar surface area (TPSA) is 75.9 Å². The summed E-state index contributed by atoms with van der Waals surface area (Å²) in [6.45, 7) is 8.92. The molecule has 2 heterocycles. The van der Waals surface area contributed by atoms with Crippen LogP contribution in [0.2, 0.25) is 0 Å². The average molecular weight is 440 g/mol. The fourth-order valence-electron chi connectivity index (χ4n) is 6.51. The molecule has 0 spiro atoms. The van der Waals surface area contributed by atoms with E-state index >= 15 is 0 Å². The fourth-order valence-corrected chi connectivity index (χ4v) is 6.51. The van der Waals surface area contributed by atoms with E-state index in [9.17, 15) is 14.9 Å². The minimum absolute atomic E-state index is 0.0236. The number of piperazine rings is 1. The average Bonchev–Trinajstić information content (AvgIpc) is 3.06. The SMILES string of the molecule is C[C@@H]1CCC[C@]2(C)C[C@@H]3OC(=O)[C@H](CN4CCN(c5ccc([N+](=O)[O-])cc5)CC4)[C@@H]3C=C12. The van der Waals surface area contributed by atoms with Crippen molar-refractivity contribution in [2.45, 2.75) is 45.6 Å². The molecule has 0 aromatic heterocycles. The summed E-state index contributed by atoms with van der Waals surface area (Å²) in [7, 11) is 0. The third kappa shape index (κ3) is 3.81. The van der Waals surface area contributed by atoms with Crippen LogP contribution in [0.1, 0.15) is 39.5 Å². The molecule has 2 aliphatic carbocycles. The molecule has 3 fully saturated rings. The Morgan fingerprint density at radius 2 is 1.91 bits per heavy atom. The van der Waals surface area contributed by atoms with Gasteiger partial charge in [-0.1, -0.05) is 31.9 Å². The maximum atomic E-state index is 12.8. The van der Waals surface area contributed by atoms with Crippen molar-refractivity contribution in [1.29, 1.82) is 0 Å². The Bertz CT molecular complexity index is 922. The van der Waals surface area contributed by atoms with Crippen LogP contribution in [0.25, 0.3) is 0 Å². The van der Waals surface area contributed by atoms with Gasteiger partial charge >= 0.3 is 5.97 Å². The normalized spacial score (nSPS) is 35.0. The molecule has 1 saturated carbocycles. The number of allylic oxidation sites excluding steroid dienone is 1. The molecule has 0 amide bonds. The Morgan fingerprint density at radius 1 is 1.19 bits per heavy atom. The number of fused-ring (bicyclic) bond motifs is 2. The number of benzene rings is 1. The van der Waals surface area contributed by atoms with Crippen LogP contribution in [0.3, 0.4) is 0 Å². The minimum atomic E-state index is -0.368. The number of nitrogens with zero attached hydrogens (tertiary/aromatic N) is 3. The lowest BCUT2D eigenvalue weighted by Crippen LogP contribution is -2.49. The van der Waals surface area contributed by atoms with Gasteiger partial charge in [-0.15, -0.1) is 0 Å². The molecule has 172 valence electrons. The van der Waals surface area contributed by atoms with Gasteiger partial charge in [0.05, 0.1) is 10.8 Å². The van der Waals surface area contributed by atoms with E-state index in [1.807, 2.05) is 12.1 Å². The van der Waals surface area contributed by atoms with Gasteiger partial charge in [-0.2, -0.15) is 0 Å². The first kappa shape index (κ1) is 21.4. The van der Waals surface area contributed by atoms with Crippen LogP contribution in [0, 0.1) is 33.3 Å². The first-order chi connectivity index (χ1) is 15.3. The summed E-state index contributed by atoms with van der Waals surface area (Å²) in [5, 5.41) is 10.9. The largest absolute Gasteiger partial charge is 0.461 e. The number of hydrogen-bond acceptors (Lipinski definition) is 6. The van der Waals surface area contributed by atoms with E-state index in [2.05, 4.69) is 29.7 Å². The van der Waals surface area contributed by atoms with Gasteiger partial charge < -0.3 is 9.64 Å². The lowest BCUT2D eigenvalue weighted by molar-refractivity contribution is -0.384. The Labute approximate surface area is 189 Å². The maximum absolute atomic E-state index is 12.8. The van der Waals surface area contributed by atoms with E-state index in [-0.39, 0.29) is 39.9 Å². The molecule has 4 aliphatic rings. The molecule has 0 unspecified atom stereocenters. The van der Waals surface area contributed by atoms with Crippen molar-refractivity contribution in [3.8, 4) is 0 Å². The molecule has 32 heavy (non-hydrogen) atoms. The molecule has 5 atom stereocenters. The van der Waals surface area contributed by atoms with E-state index in [0.29, 0.717) is 5.92 Å². The monoisotopic (exact) mass is 439 g/mol. The van der Waals surface area contributed by atoms with Crippen LogP contribution in [-0.4, -0.2) is 54.6 Å². The van der Waals surface area contributed by atoms with E-state index in [1.165, 1.54) is 19.3 Å². The summed E-state index contributed by atoms with van der Waals surface area (Å²) < 4.78 is 5.91. The van der Waals surface area contributed by atoms with Crippen molar-refractivity contribution < 1.29 is 14.5 Å². The van der Waals surface area contributed by atoms with Crippen molar-refractivity contribution in [2.24, 2.45) is 23.2 Å². The lowest BCUT2D eigenvalue weighted by atomic mass is 9.59. The first-order valence-corrected chi connectivity index (χ1v) is 12.0. The van der Waals surface area contributed by atoms with E-state index in [0.717, 1.165) is 44.8 Å². The van der Waals surface area contributed by atoms with Crippen molar-refractivity contribution >= 4 is 17.3 Å². The van der Waals surface area contributed by atoms with Gasteiger partial charge in [-0.05, 0) is 42.7 Å². The van der Waals surface area contributed by atoms with E-state index in [4.69, 9.17) is 4.74 Å². The molecule has 0 N–H and O–H groups in total. The number of rotatable bonds is 4. The van der Waals surface area contributed by atoms with Crippen molar-refractivity contribution in [3.63, 3.8) is 0 Å². The number of esters is 1. The van der Waals surface area contributed by atoms with Gasteiger partial charge in [0.25, 0.3) is 5.69 Å². The maximum Gasteiger partial charge on any atom is 0.311 e. The van der Waals surface area contributed by atoms with Gasteiger partial charge in [0.15, 0.2) is 0 Å². The highest BCUT2D eigenvalue weighted by Gasteiger charge is 2.52. The number of ether oxygens (including phenoxy) is 1. The first-order valence-electron chi connectivity index (χ1n) is 12.0. The lowest BCUT2D eigenvalue weighted by Gasteiger charge is -2.46. The third-order valence-corrected chi connectivity index (χ3v) is 8.33. The Kier molecular flexibility index (Phi) is 5.48. The summed E-state index contributed by atoms with van der Waals surface area (Å²) >= 11 is 0. The van der Waals surface area contributed by atoms with Crippen LogP contribution >= 0.6 is 0 Å². The van der Waals surface area contributed by atoms with Crippen LogP contribution in [0.15, 0.2) is 35.9 Å². The highest BCUT2D eigenvalue weighted by molar-refractivity contribution is 5.76. The Hall–Kier alpha value is -2.41. The molecular weight excluding hydrogens is 406 g/mol. The standard InChI is InChI=1S/C25H33N3O4/c1-17-4-3-9-25(2)15-23-20(14-22(17)25)21(24(29)32-23)16-26-10-12-27(13-11-26)18-5-7-19(8-6-18)28(30)31/h5-8,14,17,20-21,23H,3-4,9-13,15-16H2,1-2H3/t17-,20+,21-,23+,25-/m1/s1. The van der Waals surface area contributed by atoms with Crippen molar-refractivity contribution in [3.05, 3.63) is 46.0 Å². The van der Waals surface area contributed by atoms with Crippen molar-refractivity contribution in [1.82, 2.24) is 4.90 Å². The predicted octanol–water partition coefficient (Wildman–Crippen LogP) is 4.03. The van der Waals surface area contributed by atoms with Crippen molar-refractivity contribution in [2.75, 3.05) is 37.6 Å². The van der Waals surface area contributed by atoms with Crippen LogP contribution in [-0.2, 0) is 9.53 Å². The molecule has 2 aliphatic heterocycles.